The summed E-state index contributed by atoms with van der Waals surface area (Å²) in [5, 5.41) is 2.04. The largest absolute Gasteiger partial charge is 0.461 e. The Balaban J connectivity index is 2.20. The highest BCUT2D eigenvalue weighted by atomic mass is 19.4. The third-order valence-corrected chi connectivity index (χ3v) is 3.44. The van der Waals surface area contributed by atoms with Crippen LogP contribution in [0.2, 0.25) is 0 Å². The van der Waals surface area contributed by atoms with Gasteiger partial charge in [-0.15, -0.1) is 0 Å². The molecule has 0 spiro atoms. The second-order valence-electron chi connectivity index (χ2n) is 5.10. The summed E-state index contributed by atoms with van der Waals surface area (Å²) in [7, 11) is 0. The molecule has 106 valence electrons. The van der Waals surface area contributed by atoms with Gasteiger partial charge in [-0.3, -0.25) is 10.1 Å². The molecule has 6 heteroatoms. The number of carbonyl (C=O) groups excluding carboxylic acids is 1. The molecule has 0 radical (unpaired) electrons. The van der Waals surface area contributed by atoms with Crippen molar-refractivity contribution in [2.45, 2.75) is 45.4 Å². The second kappa shape index (κ2) is 6.41. The van der Waals surface area contributed by atoms with Gasteiger partial charge in [0.15, 0.2) is 0 Å². The number of hydrogen-bond donors (Lipinski definition) is 1. The molecular formula is C12H20F3NO2. The zero-order valence-corrected chi connectivity index (χ0v) is 10.7. The molecule has 1 fully saturated rings. The van der Waals surface area contributed by atoms with Gasteiger partial charge >= 0.3 is 12.1 Å². The minimum atomic E-state index is -4.30. The summed E-state index contributed by atoms with van der Waals surface area (Å²) in [4.78, 5) is 11.3. The molecule has 0 saturated heterocycles. The number of carbonyl (C=O) groups is 1. The Labute approximate surface area is 105 Å². The summed E-state index contributed by atoms with van der Waals surface area (Å²) >= 11 is 0. The Morgan fingerprint density at radius 3 is 2.50 bits per heavy atom. The number of rotatable bonds is 4. The van der Waals surface area contributed by atoms with Crippen LogP contribution in [0.1, 0.15) is 33.1 Å². The van der Waals surface area contributed by atoms with Crippen LogP contribution in [0, 0.1) is 11.8 Å². The maximum absolute atomic E-state index is 11.8. The highest BCUT2D eigenvalue weighted by molar-refractivity contribution is 5.71. The van der Waals surface area contributed by atoms with E-state index in [0.717, 1.165) is 19.3 Å². The van der Waals surface area contributed by atoms with Gasteiger partial charge < -0.3 is 4.74 Å². The Hall–Kier alpha value is -0.780. The fraction of sp³-hybridized carbons (Fsp3) is 0.917. The lowest BCUT2D eigenvalue weighted by Crippen LogP contribution is -2.36. The van der Waals surface area contributed by atoms with Crippen LogP contribution in [0.4, 0.5) is 13.2 Å². The molecule has 1 saturated carbocycles. The number of hydrogen-bond acceptors (Lipinski definition) is 3. The maximum Gasteiger partial charge on any atom is 0.401 e. The van der Waals surface area contributed by atoms with E-state index in [1.807, 2.05) is 5.32 Å². The quantitative estimate of drug-likeness (QED) is 0.795. The van der Waals surface area contributed by atoms with Crippen molar-refractivity contribution >= 4 is 5.97 Å². The van der Waals surface area contributed by atoms with E-state index in [1.165, 1.54) is 0 Å². The molecule has 1 rings (SSSR count). The van der Waals surface area contributed by atoms with Gasteiger partial charge in [-0.1, -0.05) is 13.8 Å². The van der Waals surface area contributed by atoms with E-state index in [4.69, 9.17) is 4.74 Å². The monoisotopic (exact) mass is 267 g/mol. The van der Waals surface area contributed by atoms with Crippen LogP contribution in [0.3, 0.4) is 0 Å². The molecule has 0 bridgehead atoms. The van der Waals surface area contributed by atoms with Gasteiger partial charge in [-0.05, 0) is 31.1 Å². The summed E-state index contributed by atoms with van der Waals surface area (Å²) < 4.78 is 40.7. The van der Waals surface area contributed by atoms with Crippen molar-refractivity contribution < 1.29 is 22.7 Å². The Morgan fingerprint density at radius 1 is 1.28 bits per heavy atom. The molecule has 1 N–H and O–H groups in total. The molecule has 0 aliphatic heterocycles. The third kappa shape index (κ3) is 5.71. The van der Waals surface area contributed by atoms with Crippen LogP contribution in [0.15, 0.2) is 0 Å². The lowest BCUT2D eigenvalue weighted by Gasteiger charge is -2.31. The first kappa shape index (κ1) is 15.3. The van der Waals surface area contributed by atoms with Gasteiger partial charge in [0.2, 0.25) is 0 Å². The van der Waals surface area contributed by atoms with Gasteiger partial charge in [0.25, 0.3) is 0 Å². The highest BCUT2D eigenvalue weighted by Crippen LogP contribution is 2.30. The van der Waals surface area contributed by atoms with Gasteiger partial charge in [0.05, 0.1) is 13.1 Å². The lowest BCUT2D eigenvalue weighted by molar-refractivity contribution is -0.152. The standard InChI is InChI=1S/C12H20F3NO2/c1-8-3-4-10(5-9(8)2)18-11(17)6-16-7-12(13,14)15/h8-10,16H,3-7H2,1-2H3. The fourth-order valence-electron chi connectivity index (χ4n) is 2.14. The van der Waals surface area contributed by atoms with E-state index in [1.54, 1.807) is 0 Å². The van der Waals surface area contributed by atoms with Crippen molar-refractivity contribution in [1.82, 2.24) is 5.32 Å². The summed E-state index contributed by atoms with van der Waals surface area (Å²) in [6.45, 7) is 2.71. The molecule has 0 heterocycles. The Bertz CT molecular complexity index is 281. The fourth-order valence-corrected chi connectivity index (χ4v) is 2.14. The SMILES string of the molecule is CC1CCC(OC(=O)CNCC(F)(F)F)CC1C. The van der Waals surface area contributed by atoms with Crippen LogP contribution in [-0.2, 0) is 9.53 Å². The van der Waals surface area contributed by atoms with Crippen LogP contribution in [-0.4, -0.2) is 31.3 Å². The van der Waals surface area contributed by atoms with Crippen molar-refractivity contribution in [3.63, 3.8) is 0 Å². The third-order valence-electron chi connectivity index (χ3n) is 3.44. The van der Waals surface area contributed by atoms with Crippen molar-refractivity contribution in [2.24, 2.45) is 11.8 Å². The van der Waals surface area contributed by atoms with Crippen LogP contribution in [0.5, 0.6) is 0 Å². The Kier molecular flexibility index (Phi) is 5.44. The minimum absolute atomic E-state index is 0.142. The van der Waals surface area contributed by atoms with E-state index >= 15 is 0 Å². The molecule has 3 atom stereocenters. The number of halogens is 3. The van der Waals surface area contributed by atoms with E-state index in [0.29, 0.717) is 11.8 Å². The number of esters is 1. The molecule has 0 aromatic carbocycles. The second-order valence-corrected chi connectivity index (χ2v) is 5.10. The van der Waals surface area contributed by atoms with Crippen LogP contribution >= 0.6 is 0 Å². The summed E-state index contributed by atoms with van der Waals surface area (Å²) in [6.07, 6.45) is -1.84. The predicted molar refractivity (Wildman–Crippen MR) is 61.0 cm³/mol. The highest BCUT2D eigenvalue weighted by Gasteiger charge is 2.28. The summed E-state index contributed by atoms with van der Waals surface area (Å²) in [5.41, 5.74) is 0. The molecule has 3 nitrogen and oxygen atoms in total. The van der Waals surface area contributed by atoms with Gasteiger partial charge in [-0.25, -0.2) is 0 Å². The molecule has 0 aromatic heterocycles. The van der Waals surface area contributed by atoms with Crippen molar-refractivity contribution in [3.8, 4) is 0 Å². The summed E-state index contributed by atoms with van der Waals surface area (Å²) in [6, 6.07) is 0. The molecule has 18 heavy (non-hydrogen) atoms. The van der Waals surface area contributed by atoms with E-state index in [9.17, 15) is 18.0 Å². The normalized spacial score (nSPS) is 29.1. The first-order valence-corrected chi connectivity index (χ1v) is 6.25. The van der Waals surface area contributed by atoms with E-state index in [-0.39, 0.29) is 12.6 Å². The first-order chi connectivity index (χ1) is 8.28. The molecule has 1 aliphatic carbocycles. The molecule has 3 unspecified atom stereocenters. The van der Waals surface area contributed by atoms with Crippen molar-refractivity contribution in [3.05, 3.63) is 0 Å². The number of nitrogens with one attached hydrogen (secondary N) is 1. The topological polar surface area (TPSA) is 38.3 Å². The van der Waals surface area contributed by atoms with Gasteiger partial charge in [0.1, 0.15) is 6.10 Å². The first-order valence-electron chi connectivity index (χ1n) is 6.25. The van der Waals surface area contributed by atoms with Gasteiger partial charge in [-0.2, -0.15) is 13.2 Å². The predicted octanol–water partition coefficient (Wildman–Crippen LogP) is 2.51. The lowest BCUT2D eigenvalue weighted by atomic mass is 9.80. The molecule has 0 amide bonds. The van der Waals surface area contributed by atoms with E-state index < -0.39 is 18.7 Å². The molecular weight excluding hydrogens is 247 g/mol. The van der Waals surface area contributed by atoms with Crippen molar-refractivity contribution in [2.75, 3.05) is 13.1 Å². The Morgan fingerprint density at radius 2 is 1.94 bits per heavy atom. The maximum atomic E-state index is 11.8. The summed E-state index contributed by atoms with van der Waals surface area (Å²) in [5.74, 6) is 0.494. The number of ether oxygens (including phenoxy) is 1. The van der Waals surface area contributed by atoms with Crippen LogP contribution < -0.4 is 5.32 Å². The smallest absolute Gasteiger partial charge is 0.401 e. The zero-order valence-electron chi connectivity index (χ0n) is 10.7. The van der Waals surface area contributed by atoms with E-state index in [2.05, 4.69) is 13.8 Å². The molecule has 0 aromatic rings. The average molecular weight is 267 g/mol. The van der Waals surface area contributed by atoms with Crippen molar-refractivity contribution in [1.29, 1.82) is 0 Å². The number of alkyl halides is 3. The zero-order chi connectivity index (χ0) is 13.8. The minimum Gasteiger partial charge on any atom is -0.461 e. The molecule has 1 aliphatic rings. The van der Waals surface area contributed by atoms with Crippen LogP contribution in [0.25, 0.3) is 0 Å². The van der Waals surface area contributed by atoms with Gasteiger partial charge in [0, 0.05) is 0 Å². The average Bonchev–Trinajstić information content (AvgIpc) is 2.21.